The number of thiazole rings is 1. The first-order valence-corrected chi connectivity index (χ1v) is 6.73. The molecule has 0 aliphatic carbocycles. The fraction of sp³-hybridized carbons (Fsp3) is 0.214. The summed E-state index contributed by atoms with van der Waals surface area (Å²) < 4.78 is 5.79. The minimum absolute atomic E-state index is 0.113. The summed E-state index contributed by atoms with van der Waals surface area (Å²) in [6, 6.07) is 8.08. The van der Waals surface area contributed by atoms with Crippen molar-refractivity contribution < 1.29 is 4.42 Å². The molecule has 1 unspecified atom stereocenters. The lowest BCUT2D eigenvalue weighted by atomic mass is 10.1. The molecule has 0 spiro atoms. The number of hydrogen-bond acceptors (Lipinski definition) is 4. The van der Waals surface area contributed by atoms with Gasteiger partial charge in [0, 0.05) is 22.9 Å². The molecule has 3 aromatic rings. The summed E-state index contributed by atoms with van der Waals surface area (Å²) in [7, 11) is 0. The number of fused-ring (bicyclic) bond motifs is 1. The summed E-state index contributed by atoms with van der Waals surface area (Å²) in [4.78, 5) is 5.24. The molecule has 1 aromatic carbocycles. The fourth-order valence-electron chi connectivity index (χ4n) is 2.03. The smallest absolute Gasteiger partial charge is 0.134 e. The Bertz CT molecular complexity index is 658. The van der Waals surface area contributed by atoms with Crippen LogP contribution in [-0.4, -0.2) is 4.98 Å². The Morgan fingerprint density at radius 1 is 1.39 bits per heavy atom. The molecule has 4 heteroatoms. The normalized spacial score (nSPS) is 13.0. The quantitative estimate of drug-likeness (QED) is 0.783. The van der Waals surface area contributed by atoms with Crippen molar-refractivity contribution in [1.29, 1.82) is 0 Å². The summed E-state index contributed by atoms with van der Waals surface area (Å²) in [6.45, 7) is 2.07. The van der Waals surface area contributed by atoms with Crippen LogP contribution < -0.4 is 5.73 Å². The third-order valence-corrected chi connectivity index (χ3v) is 3.76. The highest BCUT2D eigenvalue weighted by Gasteiger charge is 2.13. The minimum atomic E-state index is -0.113. The van der Waals surface area contributed by atoms with E-state index in [-0.39, 0.29) is 6.04 Å². The molecule has 0 aliphatic rings. The van der Waals surface area contributed by atoms with E-state index in [4.69, 9.17) is 10.2 Å². The van der Waals surface area contributed by atoms with Gasteiger partial charge in [0.2, 0.25) is 0 Å². The number of nitrogens with zero attached hydrogens (tertiary/aromatic N) is 1. The van der Waals surface area contributed by atoms with Crippen LogP contribution in [0.25, 0.3) is 11.0 Å². The van der Waals surface area contributed by atoms with Gasteiger partial charge in [0.05, 0.1) is 11.6 Å². The summed E-state index contributed by atoms with van der Waals surface area (Å²) >= 11 is 1.62. The fourth-order valence-corrected chi connectivity index (χ4v) is 2.68. The van der Waals surface area contributed by atoms with Crippen LogP contribution in [0.5, 0.6) is 0 Å². The van der Waals surface area contributed by atoms with Gasteiger partial charge in [-0.2, -0.15) is 0 Å². The third-order valence-electron chi connectivity index (χ3n) is 2.96. The first kappa shape index (κ1) is 11.4. The van der Waals surface area contributed by atoms with Crippen molar-refractivity contribution in [1.82, 2.24) is 4.98 Å². The highest BCUT2D eigenvalue weighted by Crippen LogP contribution is 2.26. The Balaban J connectivity index is 1.89. The Morgan fingerprint density at radius 2 is 2.28 bits per heavy atom. The molecule has 0 saturated heterocycles. The van der Waals surface area contributed by atoms with Crippen molar-refractivity contribution in [3.05, 3.63) is 52.2 Å². The molecule has 2 N–H and O–H groups in total. The number of aryl methyl sites for hydroxylation is 1. The van der Waals surface area contributed by atoms with E-state index in [2.05, 4.69) is 18.0 Å². The summed E-state index contributed by atoms with van der Waals surface area (Å²) in [5, 5.41) is 1.12. The molecule has 0 amide bonds. The largest absolute Gasteiger partial charge is 0.459 e. The Kier molecular flexibility index (Phi) is 2.89. The van der Waals surface area contributed by atoms with Gasteiger partial charge in [-0.3, -0.25) is 4.98 Å². The first-order valence-electron chi connectivity index (χ1n) is 5.85. The van der Waals surface area contributed by atoms with Crippen LogP contribution >= 0.6 is 11.3 Å². The van der Waals surface area contributed by atoms with Crippen molar-refractivity contribution in [3.63, 3.8) is 0 Å². The molecule has 18 heavy (non-hydrogen) atoms. The number of benzene rings is 1. The van der Waals surface area contributed by atoms with E-state index in [1.807, 2.05) is 29.9 Å². The van der Waals surface area contributed by atoms with E-state index in [1.54, 1.807) is 11.3 Å². The molecule has 3 nitrogen and oxygen atoms in total. The highest BCUT2D eigenvalue weighted by atomic mass is 32.1. The molecule has 0 fully saturated rings. The third kappa shape index (κ3) is 2.17. The zero-order valence-electron chi connectivity index (χ0n) is 10.1. The van der Waals surface area contributed by atoms with Crippen molar-refractivity contribution in [3.8, 4) is 0 Å². The van der Waals surface area contributed by atoms with Gasteiger partial charge in [0.1, 0.15) is 11.3 Å². The summed E-state index contributed by atoms with van der Waals surface area (Å²) in [5.41, 5.74) is 10.1. The Hall–Kier alpha value is -1.65. The number of aromatic nitrogens is 1. The van der Waals surface area contributed by atoms with Crippen molar-refractivity contribution in [2.75, 3.05) is 0 Å². The maximum atomic E-state index is 6.17. The molecule has 2 heterocycles. The van der Waals surface area contributed by atoms with Crippen LogP contribution in [0.2, 0.25) is 0 Å². The maximum Gasteiger partial charge on any atom is 0.134 e. The van der Waals surface area contributed by atoms with Gasteiger partial charge in [-0.05, 0) is 25.1 Å². The Labute approximate surface area is 109 Å². The van der Waals surface area contributed by atoms with E-state index in [0.717, 1.165) is 23.2 Å². The van der Waals surface area contributed by atoms with Crippen LogP contribution in [0.4, 0.5) is 0 Å². The monoisotopic (exact) mass is 258 g/mol. The van der Waals surface area contributed by atoms with E-state index in [0.29, 0.717) is 0 Å². The number of hydrogen-bond donors (Lipinski definition) is 1. The van der Waals surface area contributed by atoms with Crippen molar-refractivity contribution in [2.24, 2.45) is 5.73 Å². The molecule has 0 saturated carbocycles. The molecule has 0 radical (unpaired) electrons. The second-order valence-electron chi connectivity index (χ2n) is 4.47. The number of nitrogens with two attached hydrogens (primary N) is 1. The van der Waals surface area contributed by atoms with Gasteiger partial charge in [-0.1, -0.05) is 11.6 Å². The van der Waals surface area contributed by atoms with Crippen molar-refractivity contribution >= 4 is 22.3 Å². The number of furan rings is 1. The molecule has 92 valence electrons. The van der Waals surface area contributed by atoms with Gasteiger partial charge in [-0.15, -0.1) is 11.3 Å². The zero-order chi connectivity index (χ0) is 12.5. The van der Waals surface area contributed by atoms with Gasteiger partial charge >= 0.3 is 0 Å². The van der Waals surface area contributed by atoms with Gasteiger partial charge < -0.3 is 10.2 Å². The Morgan fingerprint density at radius 3 is 3.06 bits per heavy atom. The maximum absolute atomic E-state index is 6.17. The molecule has 2 aromatic heterocycles. The van der Waals surface area contributed by atoms with Gasteiger partial charge in [-0.25, -0.2) is 0 Å². The standard InChI is InChI=1S/C14H14N2OS/c1-9-2-3-13-10(4-9)5-14(17-13)12(15)6-11-7-16-8-18-11/h2-5,7-8,12H,6,15H2,1H3. The van der Waals surface area contributed by atoms with Crippen LogP contribution in [0.15, 0.2) is 40.4 Å². The van der Waals surface area contributed by atoms with E-state index in [1.165, 1.54) is 10.4 Å². The van der Waals surface area contributed by atoms with Crippen LogP contribution in [0.1, 0.15) is 22.2 Å². The van der Waals surface area contributed by atoms with Crippen LogP contribution in [0.3, 0.4) is 0 Å². The lowest BCUT2D eigenvalue weighted by Gasteiger charge is -2.05. The van der Waals surface area contributed by atoms with Crippen molar-refractivity contribution in [2.45, 2.75) is 19.4 Å². The molecule has 3 rings (SSSR count). The average molecular weight is 258 g/mol. The molecule has 0 bridgehead atoms. The van der Waals surface area contributed by atoms with Crippen LogP contribution in [-0.2, 0) is 6.42 Å². The number of rotatable bonds is 3. The van der Waals surface area contributed by atoms with E-state index >= 15 is 0 Å². The van der Waals surface area contributed by atoms with Gasteiger partial charge in [0.15, 0.2) is 0 Å². The second-order valence-corrected chi connectivity index (χ2v) is 5.44. The lowest BCUT2D eigenvalue weighted by Crippen LogP contribution is -2.11. The topological polar surface area (TPSA) is 52.0 Å². The first-order chi connectivity index (χ1) is 8.72. The minimum Gasteiger partial charge on any atom is -0.459 e. The second kappa shape index (κ2) is 4.55. The molecule has 1 atom stereocenters. The summed E-state index contributed by atoms with van der Waals surface area (Å²) in [5.74, 6) is 0.837. The lowest BCUT2D eigenvalue weighted by molar-refractivity contribution is 0.495. The van der Waals surface area contributed by atoms with Crippen LogP contribution in [0, 0.1) is 6.92 Å². The molecular formula is C14H14N2OS. The highest BCUT2D eigenvalue weighted by molar-refractivity contribution is 7.09. The van der Waals surface area contributed by atoms with E-state index < -0.39 is 0 Å². The molecule has 0 aliphatic heterocycles. The average Bonchev–Trinajstić information content (AvgIpc) is 2.96. The predicted octanol–water partition coefficient (Wildman–Crippen LogP) is 3.44. The SMILES string of the molecule is Cc1ccc2oc(C(N)Cc3cncs3)cc2c1. The van der Waals surface area contributed by atoms with E-state index in [9.17, 15) is 0 Å². The predicted molar refractivity (Wildman–Crippen MR) is 73.7 cm³/mol. The zero-order valence-corrected chi connectivity index (χ0v) is 10.9. The molecular weight excluding hydrogens is 244 g/mol. The summed E-state index contributed by atoms with van der Waals surface area (Å²) in [6.07, 6.45) is 2.63. The van der Waals surface area contributed by atoms with Gasteiger partial charge in [0.25, 0.3) is 0 Å².